The Labute approximate surface area is 129 Å². The molecule has 1 unspecified atom stereocenters. The van der Waals surface area contributed by atoms with Gasteiger partial charge in [0.1, 0.15) is 0 Å². The van der Waals surface area contributed by atoms with Gasteiger partial charge in [-0.2, -0.15) is 5.10 Å². The van der Waals surface area contributed by atoms with E-state index in [0.29, 0.717) is 13.0 Å². The van der Waals surface area contributed by atoms with Crippen LogP contribution in [0.15, 0.2) is 24.3 Å². The van der Waals surface area contributed by atoms with Crippen molar-refractivity contribution in [2.75, 3.05) is 6.61 Å². The van der Waals surface area contributed by atoms with Crippen LogP contribution in [0.4, 0.5) is 0 Å². The van der Waals surface area contributed by atoms with Crippen molar-refractivity contribution < 1.29 is 9.53 Å². The molecular weight excluding hydrogens is 278 g/mol. The maximum atomic E-state index is 12.3. The van der Waals surface area contributed by atoms with Crippen LogP contribution < -0.4 is 5.32 Å². The molecule has 2 aliphatic rings. The topological polar surface area (TPSA) is 67.0 Å². The van der Waals surface area contributed by atoms with Gasteiger partial charge in [0.2, 0.25) is 5.91 Å². The van der Waals surface area contributed by atoms with Gasteiger partial charge in [0.05, 0.1) is 35.9 Å². The molecule has 1 aromatic carbocycles. The highest BCUT2D eigenvalue weighted by molar-refractivity contribution is 5.87. The van der Waals surface area contributed by atoms with Crippen LogP contribution in [0.25, 0.3) is 10.9 Å². The normalized spacial score (nSPS) is 23.4. The average Bonchev–Trinajstić information content (AvgIpc) is 3.23. The summed E-state index contributed by atoms with van der Waals surface area (Å²) in [6, 6.07) is 8.01. The lowest BCUT2D eigenvalue weighted by Crippen LogP contribution is -2.37. The SMILES string of the molecule is O=C(Cc1[nH]nc2ccccc12)NC1COC2(CCCC2)C1. The highest BCUT2D eigenvalue weighted by atomic mass is 16.5. The standard InChI is InChI=1S/C17H21N3O2/c21-16(9-15-13-5-1-2-6-14(13)19-20-15)18-12-10-17(22-11-12)7-3-4-8-17/h1-2,5-6,12H,3-4,7-11H2,(H,18,21)(H,19,20). The van der Waals surface area contributed by atoms with Crippen molar-refractivity contribution in [3.05, 3.63) is 30.0 Å². The minimum atomic E-state index is 0.0399. The number of H-pyrrole nitrogens is 1. The number of ether oxygens (including phenoxy) is 1. The molecule has 1 saturated heterocycles. The quantitative estimate of drug-likeness (QED) is 0.914. The van der Waals surface area contributed by atoms with Gasteiger partial charge in [-0.15, -0.1) is 0 Å². The summed E-state index contributed by atoms with van der Waals surface area (Å²) in [5.74, 6) is 0.0399. The Bertz CT molecular complexity index is 688. The van der Waals surface area contributed by atoms with Crippen LogP contribution in [0.1, 0.15) is 37.8 Å². The fourth-order valence-corrected chi connectivity index (χ4v) is 3.89. The number of carbonyl (C=O) groups excluding carboxylic acids is 1. The van der Waals surface area contributed by atoms with Crippen molar-refractivity contribution in [2.45, 2.75) is 50.2 Å². The van der Waals surface area contributed by atoms with E-state index >= 15 is 0 Å². The molecule has 1 aromatic heterocycles. The summed E-state index contributed by atoms with van der Waals surface area (Å²) >= 11 is 0. The van der Waals surface area contributed by atoms with Crippen molar-refractivity contribution >= 4 is 16.8 Å². The van der Waals surface area contributed by atoms with Crippen LogP contribution in [0.3, 0.4) is 0 Å². The number of aromatic amines is 1. The fraction of sp³-hybridized carbons (Fsp3) is 0.529. The van der Waals surface area contributed by atoms with Gasteiger partial charge in [-0.25, -0.2) is 0 Å². The predicted octanol–water partition coefficient (Wildman–Crippen LogP) is 2.32. The van der Waals surface area contributed by atoms with Crippen LogP contribution in [0.2, 0.25) is 0 Å². The smallest absolute Gasteiger partial charge is 0.226 e. The summed E-state index contributed by atoms with van der Waals surface area (Å²) in [6.07, 6.45) is 6.09. The first kappa shape index (κ1) is 13.8. The summed E-state index contributed by atoms with van der Waals surface area (Å²) in [4.78, 5) is 12.3. The molecule has 2 fully saturated rings. The average molecular weight is 299 g/mol. The van der Waals surface area contributed by atoms with E-state index in [2.05, 4.69) is 15.5 Å². The second-order valence-corrected chi connectivity index (χ2v) is 6.57. The molecule has 5 nitrogen and oxygen atoms in total. The van der Waals surface area contributed by atoms with E-state index in [1.165, 1.54) is 12.8 Å². The van der Waals surface area contributed by atoms with Crippen LogP contribution in [0.5, 0.6) is 0 Å². The Balaban J connectivity index is 1.39. The van der Waals surface area contributed by atoms with Crippen molar-refractivity contribution in [1.29, 1.82) is 0 Å². The van der Waals surface area contributed by atoms with Gasteiger partial charge in [0, 0.05) is 5.39 Å². The number of nitrogens with zero attached hydrogens (tertiary/aromatic N) is 1. The van der Waals surface area contributed by atoms with Crippen LogP contribution in [-0.4, -0.2) is 34.4 Å². The van der Waals surface area contributed by atoms with E-state index in [4.69, 9.17) is 4.74 Å². The van der Waals surface area contributed by atoms with E-state index in [-0.39, 0.29) is 17.6 Å². The highest BCUT2D eigenvalue weighted by Gasteiger charge is 2.42. The molecule has 1 aliphatic heterocycles. The van der Waals surface area contributed by atoms with E-state index < -0.39 is 0 Å². The summed E-state index contributed by atoms with van der Waals surface area (Å²) in [7, 11) is 0. The summed E-state index contributed by atoms with van der Waals surface area (Å²) in [5, 5.41) is 11.3. The monoisotopic (exact) mass is 299 g/mol. The van der Waals surface area contributed by atoms with Gasteiger partial charge >= 0.3 is 0 Å². The zero-order valence-electron chi connectivity index (χ0n) is 12.6. The minimum absolute atomic E-state index is 0.0399. The van der Waals surface area contributed by atoms with Crippen LogP contribution in [0, 0.1) is 0 Å². The Morgan fingerprint density at radius 3 is 3.05 bits per heavy atom. The minimum Gasteiger partial charge on any atom is -0.373 e. The third-order valence-electron chi connectivity index (χ3n) is 4.97. The van der Waals surface area contributed by atoms with Gasteiger partial charge in [0.15, 0.2) is 0 Å². The molecule has 22 heavy (non-hydrogen) atoms. The molecule has 2 aromatic rings. The van der Waals surface area contributed by atoms with Crippen molar-refractivity contribution in [3.63, 3.8) is 0 Å². The summed E-state index contributed by atoms with van der Waals surface area (Å²) in [5.41, 5.74) is 1.83. The molecular formula is C17H21N3O2. The molecule has 1 saturated carbocycles. The second-order valence-electron chi connectivity index (χ2n) is 6.57. The lowest BCUT2D eigenvalue weighted by molar-refractivity contribution is -0.121. The Hall–Kier alpha value is -1.88. The first-order valence-electron chi connectivity index (χ1n) is 8.09. The third-order valence-corrected chi connectivity index (χ3v) is 4.97. The Morgan fingerprint density at radius 1 is 1.36 bits per heavy atom. The zero-order chi connectivity index (χ0) is 15.0. The number of nitrogens with one attached hydrogen (secondary N) is 2. The number of hydrogen-bond donors (Lipinski definition) is 2. The molecule has 5 heteroatoms. The first-order chi connectivity index (χ1) is 10.7. The molecule has 1 aliphatic carbocycles. The number of amides is 1. The maximum Gasteiger partial charge on any atom is 0.226 e. The molecule has 1 amide bonds. The third kappa shape index (κ3) is 2.50. The number of carbonyl (C=O) groups is 1. The largest absolute Gasteiger partial charge is 0.373 e. The van der Waals surface area contributed by atoms with Gasteiger partial charge in [0.25, 0.3) is 0 Å². The molecule has 1 atom stereocenters. The maximum absolute atomic E-state index is 12.3. The lowest BCUT2D eigenvalue weighted by atomic mass is 9.96. The van der Waals surface area contributed by atoms with Gasteiger partial charge < -0.3 is 10.1 Å². The first-order valence-corrected chi connectivity index (χ1v) is 8.09. The molecule has 0 radical (unpaired) electrons. The number of fused-ring (bicyclic) bond motifs is 1. The van der Waals surface area contributed by atoms with Crippen molar-refractivity contribution in [3.8, 4) is 0 Å². The second kappa shape index (κ2) is 5.39. The summed E-state index contributed by atoms with van der Waals surface area (Å²) < 4.78 is 5.99. The van der Waals surface area contributed by atoms with Crippen molar-refractivity contribution in [1.82, 2.24) is 15.5 Å². The Kier molecular flexibility index (Phi) is 3.37. The molecule has 116 valence electrons. The molecule has 4 rings (SSSR count). The molecule has 2 heterocycles. The number of hydrogen-bond acceptors (Lipinski definition) is 3. The van der Waals surface area contributed by atoms with E-state index in [0.717, 1.165) is 35.9 Å². The molecule has 1 spiro atoms. The fourth-order valence-electron chi connectivity index (χ4n) is 3.89. The van der Waals surface area contributed by atoms with Gasteiger partial charge in [-0.05, 0) is 25.3 Å². The summed E-state index contributed by atoms with van der Waals surface area (Å²) in [6.45, 7) is 0.648. The van der Waals surface area contributed by atoms with E-state index in [9.17, 15) is 4.79 Å². The Morgan fingerprint density at radius 2 is 2.18 bits per heavy atom. The lowest BCUT2D eigenvalue weighted by Gasteiger charge is -2.21. The molecule has 2 N–H and O–H groups in total. The number of aromatic nitrogens is 2. The number of benzene rings is 1. The zero-order valence-corrected chi connectivity index (χ0v) is 12.6. The molecule has 0 bridgehead atoms. The number of para-hydroxylation sites is 1. The number of rotatable bonds is 3. The van der Waals surface area contributed by atoms with Gasteiger partial charge in [-0.1, -0.05) is 31.0 Å². The van der Waals surface area contributed by atoms with Gasteiger partial charge in [-0.3, -0.25) is 9.89 Å². The highest BCUT2D eigenvalue weighted by Crippen LogP contribution is 2.40. The van der Waals surface area contributed by atoms with Crippen LogP contribution >= 0.6 is 0 Å². The van der Waals surface area contributed by atoms with E-state index in [1.54, 1.807) is 0 Å². The van der Waals surface area contributed by atoms with Crippen LogP contribution in [-0.2, 0) is 16.0 Å². The van der Waals surface area contributed by atoms with Crippen molar-refractivity contribution in [2.24, 2.45) is 0 Å². The van der Waals surface area contributed by atoms with E-state index in [1.807, 2.05) is 24.3 Å². The predicted molar refractivity (Wildman–Crippen MR) is 83.5 cm³/mol.